The molecule has 0 saturated heterocycles. The molecule has 1 heterocycles. The Morgan fingerprint density at radius 2 is 2.05 bits per heavy atom. The molecule has 114 valence electrons. The Hall–Kier alpha value is -1.81. The maximum atomic E-state index is 5.49. The molecule has 0 aliphatic carbocycles. The van der Waals surface area contributed by atoms with E-state index in [0.717, 1.165) is 30.8 Å². The highest BCUT2D eigenvalue weighted by Crippen LogP contribution is 2.27. The van der Waals surface area contributed by atoms with Crippen LogP contribution in [0.5, 0.6) is 5.75 Å². The number of hydrogen-bond acceptors (Lipinski definition) is 3. The predicted octanol–water partition coefficient (Wildman–Crippen LogP) is 2.98. The molecule has 0 aliphatic heterocycles. The number of rotatable bonds is 7. The van der Waals surface area contributed by atoms with Crippen LogP contribution in [0.25, 0.3) is 0 Å². The van der Waals surface area contributed by atoms with Crippen molar-refractivity contribution in [2.24, 2.45) is 0 Å². The van der Waals surface area contributed by atoms with Crippen molar-refractivity contribution in [1.29, 1.82) is 0 Å². The van der Waals surface area contributed by atoms with E-state index in [4.69, 9.17) is 4.74 Å². The zero-order chi connectivity index (χ0) is 15.2. The van der Waals surface area contributed by atoms with Gasteiger partial charge in [-0.3, -0.25) is 4.68 Å². The quantitative estimate of drug-likeness (QED) is 0.851. The fraction of sp³-hybridized carbons (Fsp3) is 0.471. The van der Waals surface area contributed by atoms with Crippen LogP contribution >= 0.6 is 0 Å². The molecule has 0 radical (unpaired) electrons. The zero-order valence-electron chi connectivity index (χ0n) is 13.4. The number of benzene rings is 1. The van der Waals surface area contributed by atoms with Crippen molar-refractivity contribution in [3.63, 3.8) is 0 Å². The van der Waals surface area contributed by atoms with Crippen LogP contribution < -0.4 is 10.1 Å². The molecule has 0 bridgehead atoms. The Balaban J connectivity index is 2.28. The molecule has 1 aromatic carbocycles. The molecule has 21 heavy (non-hydrogen) atoms. The van der Waals surface area contributed by atoms with Gasteiger partial charge in [0.15, 0.2) is 0 Å². The summed E-state index contributed by atoms with van der Waals surface area (Å²) in [6.07, 6.45) is 1.87. The first kappa shape index (κ1) is 15.6. The highest BCUT2D eigenvalue weighted by atomic mass is 16.5. The van der Waals surface area contributed by atoms with Crippen LogP contribution in [0.1, 0.15) is 36.8 Å². The first-order chi connectivity index (χ1) is 10.2. The molecule has 2 aromatic rings. The van der Waals surface area contributed by atoms with E-state index in [2.05, 4.69) is 47.1 Å². The SMILES string of the molecule is CCc1cc(CC(NC)c2ccccc2OC)n(CC)n1. The normalized spacial score (nSPS) is 12.4. The summed E-state index contributed by atoms with van der Waals surface area (Å²) in [4.78, 5) is 0. The molecule has 0 spiro atoms. The molecule has 0 amide bonds. The molecule has 1 N–H and O–H groups in total. The number of aryl methyl sites for hydroxylation is 2. The van der Waals surface area contributed by atoms with E-state index < -0.39 is 0 Å². The van der Waals surface area contributed by atoms with Gasteiger partial charge in [0.05, 0.1) is 12.8 Å². The number of nitrogens with one attached hydrogen (secondary N) is 1. The number of methoxy groups -OCH3 is 1. The van der Waals surface area contributed by atoms with Gasteiger partial charge in [-0.1, -0.05) is 25.1 Å². The van der Waals surface area contributed by atoms with Gasteiger partial charge in [-0.2, -0.15) is 5.10 Å². The number of nitrogens with zero attached hydrogens (tertiary/aromatic N) is 2. The molecule has 0 saturated carbocycles. The lowest BCUT2D eigenvalue weighted by Gasteiger charge is -2.19. The monoisotopic (exact) mass is 287 g/mol. The smallest absolute Gasteiger partial charge is 0.123 e. The van der Waals surface area contributed by atoms with Crippen molar-refractivity contribution in [2.75, 3.05) is 14.2 Å². The van der Waals surface area contributed by atoms with Crippen molar-refractivity contribution < 1.29 is 4.74 Å². The van der Waals surface area contributed by atoms with E-state index in [0.29, 0.717) is 0 Å². The highest BCUT2D eigenvalue weighted by molar-refractivity contribution is 5.36. The van der Waals surface area contributed by atoms with E-state index >= 15 is 0 Å². The number of hydrogen-bond donors (Lipinski definition) is 1. The lowest BCUT2D eigenvalue weighted by atomic mass is 10.0. The van der Waals surface area contributed by atoms with Gasteiger partial charge in [0, 0.05) is 30.3 Å². The van der Waals surface area contributed by atoms with Gasteiger partial charge >= 0.3 is 0 Å². The van der Waals surface area contributed by atoms with Gasteiger partial charge in [-0.15, -0.1) is 0 Å². The van der Waals surface area contributed by atoms with Gasteiger partial charge < -0.3 is 10.1 Å². The largest absolute Gasteiger partial charge is 0.496 e. The summed E-state index contributed by atoms with van der Waals surface area (Å²) in [5.41, 5.74) is 3.60. The molecular formula is C17H25N3O. The van der Waals surface area contributed by atoms with Crippen LogP contribution in [0, 0.1) is 0 Å². The third-order valence-electron chi connectivity index (χ3n) is 3.85. The number of ether oxygens (including phenoxy) is 1. The van der Waals surface area contributed by atoms with Gasteiger partial charge in [0.25, 0.3) is 0 Å². The minimum absolute atomic E-state index is 0.216. The van der Waals surface area contributed by atoms with Gasteiger partial charge in [0.1, 0.15) is 5.75 Å². The van der Waals surface area contributed by atoms with Crippen LogP contribution in [0.15, 0.2) is 30.3 Å². The lowest BCUT2D eigenvalue weighted by Crippen LogP contribution is -2.21. The third-order valence-corrected chi connectivity index (χ3v) is 3.85. The second-order valence-corrected chi connectivity index (χ2v) is 5.08. The van der Waals surface area contributed by atoms with Crippen LogP contribution in [0.3, 0.4) is 0 Å². The first-order valence-electron chi connectivity index (χ1n) is 7.59. The van der Waals surface area contributed by atoms with Gasteiger partial charge in [-0.25, -0.2) is 0 Å². The van der Waals surface area contributed by atoms with Crippen molar-refractivity contribution >= 4 is 0 Å². The Bertz CT molecular complexity index is 577. The maximum Gasteiger partial charge on any atom is 0.123 e. The third kappa shape index (κ3) is 3.45. The summed E-state index contributed by atoms with van der Waals surface area (Å²) in [6, 6.07) is 10.6. The molecule has 1 unspecified atom stereocenters. The minimum Gasteiger partial charge on any atom is -0.496 e. The molecule has 4 heteroatoms. The zero-order valence-corrected chi connectivity index (χ0v) is 13.4. The van der Waals surface area contributed by atoms with E-state index in [1.807, 2.05) is 19.2 Å². The molecule has 4 nitrogen and oxygen atoms in total. The highest BCUT2D eigenvalue weighted by Gasteiger charge is 2.17. The Morgan fingerprint density at radius 1 is 1.29 bits per heavy atom. The molecule has 1 aromatic heterocycles. The summed E-state index contributed by atoms with van der Waals surface area (Å²) >= 11 is 0. The average molecular weight is 287 g/mol. The number of likely N-dealkylation sites (N-methyl/N-ethyl adjacent to an activating group) is 1. The lowest BCUT2D eigenvalue weighted by molar-refractivity contribution is 0.400. The topological polar surface area (TPSA) is 39.1 Å². The Labute approximate surface area is 127 Å². The van der Waals surface area contributed by atoms with Crippen LogP contribution in [-0.4, -0.2) is 23.9 Å². The number of para-hydroxylation sites is 1. The summed E-state index contributed by atoms with van der Waals surface area (Å²) < 4.78 is 7.58. The van der Waals surface area contributed by atoms with Gasteiger partial charge in [-0.05, 0) is 32.5 Å². The van der Waals surface area contributed by atoms with E-state index in [1.165, 1.54) is 11.3 Å². The summed E-state index contributed by atoms with van der Waals surface area (Å²) in [6.45, 7) is 5.17. The molecule has 1 atom stereocenters. The fourth-order valence-electron chi connectivity index (χ4n) is 2.66. The second-order valence-electron chi connectivity index (χ2n) is 5.08. The number of aromatic nitrogens is 2. The van der Waals surface area contributed by atoms with E-state index in [9.17, 15) is 0 Å². The van der Waals surface area contributed by atoms with Crippen molar-refractivity contribution in [3.05, 3.63) is 47.3 Å². The van der Waals surface area contributed by atoms with Crippen molar-refractivity contribution in [1.82, 2.24) is 15.1 Å². The van der Waals surface area contributed by atoms with Gasteiger partial charge in [0.2, 0.25) is 0 Å². The van der Waals surface area contributed by atoms with Crippen molar-refractivity contribution in [3.8, 4) is 5.75 Å². The molecule has 0 fully saturated rings. The van der Waals surface area contributed by atoms with Crippen LogP contribution in [0.4, 0.5) is 0 Å². The average Bonchev–Trinajstić information content (AvgIpc) is 2.94. The standard InChI is InChI=1S/C17H25N3O/c1-5-13-11-14(20(6-2)19-13)12-16(18-3)15-9-7-8-10-17(15)21-4/h7-11,16,18H,5-6,12H2,1-4H3. The predicted molar refractivity (Wildman–Crippen MR) is 85.8 cm³/mol. The van der Waals surface area contributed by atoms with E-state index in [-0.39, 0.29) is 6.04 Å². The Kier molecular flexibility index (Phi) is 5.39. The molecule has 2 rings (SSSR count). The Morgan fingerprint density at radius 3 is 2.67 bits per heavy atom. The first-order valence-corrected chi connectivity index (χ1v) is 7.59. The molecule has 0 aliphatic rings. The summed E-state index contributed by atoms with van der Waals surface area (Å²) in [5.74, 6) is 0.926. The van der Waals surface area contributed by atoms with Crippen LogP contribution in [0.2, 0.25) is 0 Å². The summed E-state index contributed by atoms with van der Waals surface area (Å²) in [5, 5.41) is 8.03. The fourth-order valence-corrected chi connectivity index (χ4v) is 2.66. The maximum absolute atomic E-state index is 5.49. The summed E-state index contributed by atoms with van der Waals surface area (Å²) in [7, 11) is 3.71. The molecular weight excluding hydrogens is 262 g/mol. The van der Waals surface area contributed by atoms with Crippen molar-refractivity contribution in [2.45, 2.75) is 39.3 Å². The van der Waals surface area contributed by atoms with Crippen LogP contribution in [-0.2, 0) is 19.4 Å². The minimum atomic E-state index is 0.216. The second kappa shape index (κ2) is 7.27. The van der Waals surface area contributed by atoms with E-state index in [1.54, 1.807) is 7.11 Å².